The topological polar surface area (TPSA) is 12.0 Å². The van der Waals surface area contributed by atoms with Crippen molar-refractivity contribution < 1.29 is 0 Å². The van der Waals surface area contributed by atoms with Crippen LogP contribution in [0, 0.1) is 0 Å². The molecule has 2 aromatic carbocycles. The second-order valence-electron chi connectivity index (χ2n) is 3.21. The molecule has 0 aliphatic heterocycles. The molecule has 0 fully saturated rings. The first-order valence-corrected chi connectivity index (χ1v) is 7.02. The normalized spacial score (nSPS) is 10.2. The summed E-state index contributed by atoms with van der Waals surface area (Å²) in [5.74, 6) is 0. The van der Waals surface area contributed by atoms with Gasteiger partial charge in [-0.15, -0.1) is 0 Å². The summed E-state index contributed by atoms with van der Waals surface area (Å²) >= 11 is 10.5. The Morgan fingerprint density at radius 3 is 2.06 bits per heavy atom. The first-order valence-electron chi connectivity index (χ1n) is 4.64. The molecule has 0 saturated heterocycles. The number of hydrogen-bond donors (Lipinski definition) is 1. The lowest BCUT2D eigenvalue weighted by atomic mass is 10.3. The first kappa shape index (κ1) is 12.1. The van der Waals surface area contributed by atoms with Gasteiger partial charge in [0.25, 0.3) is 0 Å². The summed E-state index contributed by atoms with van der Waals surface area (Å²) in [5, 5.41) is 3.36. The quantitative estimate of drug-likeness (QED) is 0.674. The van der Waals surface area contributed by atoms with Crippen molar-refractivity contribution in [2.24, 2.45) is 0 Å². The lowest BCUT2D eigenvalue weighted by molar-refractivity contribution is 1.49. The average molecular weight is 406 g/mol. The van der Waals surface area contributed by atoms with Crippen molar-refractivity contribution in [2.75, 3.05) is 5.32 Å². The predicted octanol–water partition coefficient (Wildman–Crippen LogP) is 5.72. The van der Waals surface area contributed by atoms with Crippen LogP contribution in [-0.4, -0.2) is 0 Å². The van der Waals surface area contributed by atoms with Crippen molar-refractivity contribution in [1.82, 2.24) is 0 Å². The van der Waals surface area contributed by atoms with E-state index in [1.165, 1.54) is 0 Å². The minimum absolute atomic E-state index is 1.02. The van der Waals surface area contributed by atoms with E-state index in [2.05, 4.69) is 53.1 Å². The molecule has 0 saturated carbocycles. The molecule has 0 amide bonds. The van der Waals surface area contributed by atoms with Crippen molar-refractivity contribution in [3.63, 3.8) is 0 Å². The van der Waals surface area contributed by atoms with Crippen LogP contribution in [0.25, 0.3) is 0 Å². The zero-order chi connectivity index (χ0) is 11.5. The Bertz CT molecular complexity index is 511. The monoisotopic (exact) mass is 403 g/mol. The Labute approximate surface area is 120 Å². The van der Waals surface area contributed by atoms with E-state index in [4.69, 9.17) is 0 Å². The Balaban J connectivity index is 2.35. The first-order chi connectivity index (χ1) is 7.68. The van der Waals surface area contributed by atoms with Gasteiger partial charge in [0.15, 0.2) is 0 Å². The maximum atomic E-state index is 3.54. The minimum Gasteiger partial charge on any atom is -0.354 e. The molecule has 0 unspecified atom stereocenters. The predicted molar refractivity (Wildman–Crippen MR) is 79.3 cm³/mol. The van der Waals surface area contributed by atoms with Gasteiger partial charge in [-0.2, -0.15) is 0 Å². The molecule has 4 heteroatoms. The fourth-order valence-electron chi connectivity index (χ4n) is 1.31. The molecule has 0 aliphatic rings. The van der Waals surface area contributed by atoms with Crippen LogP contribution < -0.4 is 5.32 Å². The van der Waals surface area contributed by atoms with Crippen LogP contribution >= 0.6 is 47.8 Å². The Hall–Kier alpha value is -0.320. The van der Waals surface area contributed by atoms with Gasteiger partial charge < -0.3 is 5.32 Å². The summed E-state index contributed by atoms with van der Waals surface area (Å²) in [4.78, 5) is 0. The smallest absolute Gasteiger partial charge is 0.0552 e. The van der Waals surface area contributed by atoms with Gasteiger partial charge in [-0.25, -0.2) is 0 Å². The van der Waals surface area contributed by atoms with Crippen LogP contribution in [0.5, 0.6) is 0 Å². The number of halogens is 3. The highest BCUT2D eigenvalue weighted by atomic mass is 79.9. The maximum absolute atomic E-state index is 3.54. The van der Waals surface area contributed by atoms with Gasteiger partial charge in [-0.05, 0) is 72.1 Å². The third kappa shape index (κ3) is 2.67. The highest BCUT2D eigenvalue weighted by Gasteiger charge is 2.04. The number of nitrogens with one attached hydrogen (secondary N) is 1. The molecule has 1 N–H and O–H groups in total. The third-order valence-corrected chi connectivity index (χ3v) is 4.83. The van der Waals surface area contributed by atoms with Gasteiger partial charge in [0.05, 0.1) is 15.8 Å². The highest BCUT2D eigenvalue weighted by Crippen LogP contribution is 2.34. The standard InChI is InChI=1S/C12H8Br3N/c13-8-4-1-2-6-10(8)16-11-7-3-5-9(14)12(11)15/h1-7,16H. The van der Waals surface area contributed by atoms with Gasteiger partial charge in [0.1, 0.15) is 0 Å². The molecule has 16 heavy (non-hydrogen) atoms. The summed E-state index contributed by atoms with van der Waals surface area (Å²) < 4.78 is 3.09. The Morgan fingerprint density at radius 1 is 0.688 bits per heavy atom. The number of hydrogen-bond acceptors (Lipinski definition) is 1. The van der Waals surface area contributed by atoms with Gasteiger partial charge >= 0.3 is 0 Å². The van der Waals surface area contributed by atoms with Crippen LogP contribution in [0.4, 0.5) is 11.4 Å². The largest absolute Gasteiger partial charge is 0.354 e. The summed E-state index contributed by atoms with van der Waals surface area (Å²) in [6.45, 7) is 0. The van der Waals surface area contributed by atoms with Crippen LogP contribution in [0.15, 0.2) is 55.9 Å². The number of benzene rings is 2. The van der Waals surface area contributed by atoms with Crippen molar-refractivity contribution in [3.8, 4) is 0 Å². The summed E-state index contributed by atoms with van der Waals surface area (Å²) in [5.41, 5.74) is 2.07. The van der Waals surface area contributed by atoms with Gasteiger partial charge in [-0.1, -0.05) is 18.2 Å². The summed E-state index contributed by atoms with van der Waals surface area (Å²) in [6, 6.07) is 14.0. The molecule has 2 rings (SSSR count). The third-order valence-electron chi connectivity index (χ3n) is 2.09. The number of anilines is 2. The fraction of sp³-hybridized carbons (Fsp3) is 0. The molecule has 0 radical (unpaired) electrons. The zero-order valence-electron chi connectivity index (χ0n) is 8.18. The molecular formula is C12H8Br3N. The van der Waals surface area contributed by atoms with Crippen molar-refractivity contribution in [2.45, 2.75) is 0 Å². The molecule has 82 valence electrons. The highest BCUT2D eigenvalue weighted by molar-refractivity contribution is 9.13. The van der Waals surface area contributed by atoms with Crippen molar-refractivity contribution >= 4 is 59.2 Å². The molecule has 0 spiro atoms. The van der Waals surface area contributed by atoms with Crippen LogP contribution in [0.1, 0.15) is 0 Å². The fourth-order valence-corrected chi connectivity index (χ4v) is 2.42. The van der Waals surface area contributed by atoms with Gasteiger partial charge in [0, 0.05) is 8.95 Å². The van der Waals surface area contributed by atoms with Crippen molar-refractivity contribution in [3.05, 3.63) is 55.9 Å². The zero-order valence-corrected chi connectivity index (χ0v) is 12.9. The SMILES string of the molecule is Brc1ccccc1Nc1cccc(Br)c1Br. The number of para-hydroxylation sites is 1. The van der Waals surface area contributed by atoms with E-state index in [-0.39, 0.29) is 0 Å². The molecule has 0 atom stereocenters. The minimum atomic E-state index is 1.02. The lowest BCUT2D eigenvalue weighted by Gasteiger charge is -2.10. The van der Waals surface area contributed by atoms with E-state index in [0.717, 1.165) is 24.8 Å². The molecule has 0 bridgehead atoms. The molecule has 0 aliphatic carbocycles. The van der Waals surface area contributed by atoms with E-state index in [9.17, 15) is 0 Å². The second-order valence-corrected chi connectivity index (χ2v) is 5.71. The molecule has 1 nitrogen and oxygen atoms in total. The molecule has 0 heterocycles. The van der Waals surface area contributed by atoms with E-state index in [0.29, 0.717) is 0 Å². The summed E-state index contributed by atoms with van der Waals surface area (Å²) in [6.07, 6.45) is 0. The average Bonchev–Trinajstić information content (AvgIpc) is 2.28. The van der Waals surface area contributed by atoms with E-state index in [1.807, 2.05) is 42.5 Å². The second kappa shape index (κ2) is 5.34. The summed E-state index contributed by atoms with van der Waals surface area (Å²) in [7, 11) is 0. The van der Waals surface area contributed by atoms with Crippen molar-refractivity contribution in [1.29, 1.82) is 0 Å². The Kier molecular flexibility index (Phi) is 4.05. The maximum Gasteiger partial charge on any atom is 0.0552 e. The molecular weight excluding hydrogens is 398 g/mol. The lowest BCUT2D eigenvalue weighted by Crippen LogP contribution is -1.92. The van der Waals surface area contributed by atoms with E-state index >= 15 is 0 Å². The molecule has 0 aromatic heterocycles. The van der Waals surface area contributed by atoms with Crippen LogP contribution in [-0.2, 0) is 0 Å². The van der Waals surface area contributed by atoms with E-state index < -0.39 is 0 Å². The number of rotatable bonds is 2. The Morgan fingerprint density at radius 2 is 1.31 bits per heavy atom. The molecule has 2 aromatic rings. The van der Waals surface area contributed by atoms with Crippen LogP contribution in [0.2, 0.25) is 0 Å². The van der Waals surface area contributed by atoms with E-state index in [1.54, 1.807) is 0 Å². The van der Waals surface area contributed by atoms with Crippen LogP contribution in [0.3, 0.4) is 0 Å². The van der Waals surface area contributed by atoms with Gasteiger partial charge in [-0.3, -0.25) is 0 Å². The van der Waals surface area contributed by atoms with Gasteiger partial charge in [0.2, 0.25) is 0 Å².